The van der Waals surface area contributed by atoms with Gasteiger partial charge in [-0.1, -0.05) is 17.7 Å². The van der Waals surface area contributed by atoms with Gasteiger partial charge in [0.1, 0.15) is 0 Å². The Labute approximate surface area is 61.3 Å². The van der Waals surface area contributed by atoms with Gasteiger partial charge in [-0.15, -0.1) is 0 Å². The first kappa shape index (κ1) is 7.10. The molecule has 0 atom stereocenters. The highest BCUT2D eigenvalue weighted by Crippen LogP contribution is 2.06. The van der Waals surface area contributed by atoms with Crippen LogP contribution < -0.4 is 0 Å². The summed E-state index contributed by atoms with van der Waals surface area (Å²) in [5, 5.41) is 0. The topological polar surface area (TPSA) is 3.24 Å². The van der Waals surface area contributed by atoms with Gasteiger partial charge in [-0.2, -0.15) is 0 Å². The molecule has 1 nitrogen and oxygen atoms in total. The van der Waals surface area contributed by atoms with Gasteiger partial charge in [0.2, 0.25) is 0 Å². The summed E-state index contributed by atoms with van der Waals surface area (Å²) in [6, 6.07) is 0. The van der Waals surface area contributed by atoms with Gasteiger partial charge in [0.25, 0.3) is 0 Å². The van der Waals surface area contributed by atoms with Gasteiger partial charge in [-0.3, -0.25) is 4.90 Å². The summed E-state index contributed by atoms with van der Waals surface area (Å²) >= 11 is 5.37. The molecule has 0 aromatic heterocycles. The van der Waals surface area contributed by atoms with Crippen molar-refractivity contribution in [2.24, 2.45) is 0 Å². The van der Waals surface area contributed by atoms with Crippen LogP contribution in [-0.4, -0.2) is 24.5 Å². The van der Waals surface area contributed by atoms with Gasteiger partial charge in [-0.25, -0.2) is 0 Å². The maximum atomic E-state index is 5.37. The first-order chi connectivity index (χ1) is 4.43. The zero-order valence-electron chi connectivity index (χ0n) is 5.52. The van der Waals surface area contributed by atoms with E-state index in [1.54, 1.807) is 5.54 Å². The van der Waals surface area contributed by atoms with Crippen LogP contribution in [0.5, 0.6) is 0 Å². The number of hydrogen-bond donors (Lipinski definition) is 0. The van der Waals surface area contributed by atoms with Gasteiger partial charge in [0.15, 0.2) is 0 Å². The molecule has 1 heterocycles. The van der Waals surface area contributed by atoms with Crippen LogP contribution in [0.3, 0.4) is 0 Å². The normalized spacial score (nSPS) is 21.9. The van der Waals surface area contributed by atoms with Crippen molar-refractivity contribution in [1.82, 2.24) is 4.90 Å². The minimum absolute atomic E-state index is 1.03. The minimum Gasteiger partial charge on any atom is -0.300 e. The molecular weight excluding hydrogens is 134 g/mol. The molecule has 0 N–H and O–H groups in total. The van der Waals surface area contributed by atoms with Crippen molar-refractivity contribution in [3.63, 3.8) is 0 Å². The maximum absolute atomic E-state index is 5.37. The Bertz CT molecular complexity index is 95.1. The fourth-order valence-corrected chi connectivity index (χ4v) is 1.23. The van der Waals surface area contributed by atoms with E-state index in [0.29, 0.717) is 0 Å². The van der Waals surface area contributed by atoms with Crippen molar-refractivity contribution >= 4 is 11.6 Å². The molecular formula is C7H12ClN. The molecule has 0 radical (unpaired) electrons. The molecule has 0 bridgehead atoms. The molecule has 52 valence electrons. The second-order valence-electron chi connectivity index (χ2n) is 2.37. The van der Waals surface area contributed by atoms with Crippen molar-refractivity contribution in [2.45, 2.75) is 12.8 Å². The van der Waals surface area contributed by atoms with Crippen LogP contribution in [0.1, 0.15) is 12.8 Å². The van der Waals surface area contributed by atoms with Gasteiger partial charge in [0, 0.05) is 12.1 Å². The van der Waals surface area contributed by atoms with E-state index in [9.17, 15) is 0 Å². The van der Waals surface area contributed by atoms with Crippen LogP contribution in [0.4, 0.5) is 0 Å². The fraction of sp³-hybridized carbons (Fsp3) is 0.714. The zero-order chi connectivity index (χ0) is 6.53. The maximum Gasteiger partial charge on any atom is 0.0174 e. The van der Waals surface area contributed by atoms with Crippen LogP contribution >= 0.6 is 11.6 Å². The van der Waals surface area contributed by atoms with E-state index in [0.717, 1.165) is 6.54 Å². The smallest absolute Gasteiger partial charge is 0.0174 e. The average Bonchev–Trinajstić information content (AvgIpc) is 2.34. The number of hydrogen-bond acceptors (Lipinski definition) is 1. The van der Waals surface area contributed by atoms with Crippen LogP contribution in [0, 0.1) is 0 Å². The molecule has 1 saturated heterocycles. The molecule has 1 aliphatic heterocycles. The molecule has 0 aromatic carbocycles. The van der Waals surface area contributed by atoms with Crippen molar-refractivity contribution in [3.8, 4) is 0 Å². The fourth-order valence-electron chi connectivity index (χ4n) is 1.15. The summed E-state index contributed by atoms with van der Waals surface area (Å²) in [5.41, 5.74) is 1.60. The first-order valence-corrected chi connectivity index (χ1v) is 3.84. The average molecular weight is 146 g/mol. The zero-order valence-corrected chi connectivity index (χ0v) is 6.27. The molecule has 0 unspecified atom stereocenters. The van der Waals surface area contributed by atoms with Gasteiger partial charge >= 0.3 is 0 Å². The number of halogens is 1. The summed E-state index contributed by atoms with van der Waals surface area (Å²) in [6.45, 7) is 3.53. The summed E-state index contributed by atoms with van der Waals surface area (Å²) in [4.78, 5) is 2.40. The van der Waals surface area contributed by atoms with Crippen LogP contribution in [0.2, 0.25) is 0 Å². The van der Waals surface area contributed by atoms with Crippen molar-refractivity contribution < 1.29 is 0 Å². The van der Waals surface area contributed by atoms with E-state index in [2.05, 4.69) is 4.90 Å². The van der Waals surface area contributed by atoms with E-state index in [1.165, 1.54) is 25.9 Å². The van der Waals surface area contributed by atoms with Gasteiger partial charge in [-0.05, 0) is 25.9 Å². The van der Waals surface area contributed by atoms with E-state index in [4.69, 9.17) is 11.6 Å². The quantitative estimate of drug-likeness (QED) is 0.573. The largest absolute Gasteiger partial charge is 0.300 e. The van der Waals surface area contributed by atoms with Crippen molar-refractivity contribution in [2.75, 3.05) is 19.6 Å². The SMILES string of the molecule is Cl/C=C/CN1CCCC1. The number of nitrogens with zero attached hydrogens (tertiary/aromatic N) is 1. The molecule has 9 heavy (non-hydrogen) atoms. The lowest BCUT2D eigenvalue weighted by Crippen LogP contribution is -2.18. The van der Waals surface area contributed by atoms with Crippen molar-refractivity contribution in [3.05, 3.63) is 11.6 Å². The van der Waals surface area contributed by atoms with E-state index in [1.807, 2.05) is 6.08 Å². The third-order valence-corrected chi connectivity index (χ3v) is 1.83. The lowest BCUT2D eigenvalue weighted by molar-refractivity contribution is 0.377. The minimum atomic E-state index is 1.03. The summed E-state index contributed by atoms with van der Waals surface area (Å²) < 4.78 is 0. The van der Waals surface area contributed by atoms with E-state index in [-0.39, 0.29) is 0 Å². The Hall–Kier alpha value is -0.0100. The molecule has 1 fully saturated rings. The van der Waals surface area contributed by atoms with E-state index >= 15 is 0 Å². The summed E-state index contributed by atoms with van der Waals surface area (Å²) in [6.07, 6.45) is 4.71. The van der Waals surface area contributed by atoms with Crippen LogP contribution in [0.25, 0.3) is 0 Å². The molecule has 2 heteroatoms. The number of likely N-dealkylation sites (tertiary alicyclic amines) is 1. The van der Waals surface area contributed by atoms with Gasteiger partial charge < -0.3 is 0 Å². The molecule has 1 aliphatic rings. The Morgan fingerprint density at radius 1 is 1.33 bits per heavy atom. The highest BCUT2D eigenvalue weighted by Gasteiger charge is 2.08. The molecule has 0 aromatic rings. The highest BCUT2D eigenvalue weighted by atomic mass is 35.5. The monoisotopic (exact) mass is 145 g/mol. The van der Waals surface area contributed by atoms with Crippen molar-refractivity contribution in [1.29, 1.82) is 0 Å². The lowest BCUT2D eigenvalue weighted by Gasteiger charge is -2.09. The Morgan fingerprint density at radius 3 is 2.56 bits per heavy atom. The molecule has 0 amide bonds. The standard InChI is InChI=1S/C7H12ClN/c8-4-3-7-9-5-1-2-6-9/h3-4H,1-2,5-7H2/b4-3+. The first-order valence-electron chi connectivity index (χ1n) is 3.41. The highest BCUT2D eigenvalue weighted by molar-refractivity contribution is 6.25. The van der Waals surface area contributed by atoms with Crippen LogP contribution in [-0.2, 0) is 0 Å². The van der Waals surface area contributed by atoms with Crippen LogP contribution in [0.15, 0.2) is 11.6 Å². The molecule has 0 saturated carbocycles. The Kier molecular flexibility index (Phi) is 3.09. The second kappa shape index (κ2) is 3.91. The third kappa shape index (κ3) is 2.37. The summed E-state index contributed by atoms with van der Waals surface area (Å²) in [7, 11) is 0. The lowest BCUT2D eigenvalue weighted by atomic mass is 10.4. The predicted octanol–water partition coefficient (Wildman–Crippen LogP) is 1.83. The Morgan fingerprint density at radius 2 is 2.00 bits per heavy atom. The predicted molar refractivity (Wildman–Crippen MR) is 40.7 cm³/mol. The number of rotatable bonds is 2. The van der Waals surface area contributed by atoms with Gasteiger partial charge in [0.05, 0.1) is 0 Å². The molecule has 0 spiro atoms. The third-order valence-electron chi connectivity index (χ3n) is 1.65. The van der Waals surface area contributed by atoms with E-state index < -0.39 is 0 Å². The summed E-state index contributed by atoms with van der Waals surface area (Å²) in [5.74, 6) is 0. The molecule has 1 rings (SSSR count). The Balaban J connectivity index is 2.11. The molecule has 0 aliphatic carbocycles. The second-order valence-corrected chi connectivity index (χ2v) is 2.62.